The Bertz CT molecular complexity index is 401. The molecule has 0 spiro atoms. The molecule has 2 heteroatoms. The van der Waals surface area contributed by atoms with Crippen molar-refractivity contribution in [1.82, 2.24) is 0 Å². The fourth-order valence-electron chi connectivity index (χ4n) is 5.06. The third-order valence-electron chi connectivity index (χ3n) is 6.30. The van der Waals surface area contributed by atoms with E-state index in [4.69, 9.17) is 0 Å². The summed E-state index contributed by atoms with van der Waals surface area (Å²) in [6.07, 6.45) is 15.8. The average Bonchev–Trinajstić information content (AvgIpc) is 3.28. The molecule has 4 rings (SSSR count). The predicted octanol–water partition coefficient (Wildman–Crippen LogP) is 5.51. The second kappa shape index (κ2) is 6.97. The van der Waals surface area contributed by atoms with Gasteiger partial charge in [0, 0.05) is 0 Å². The fraction of sp³-hybridized carbons (Fsp3) is 0.800. The van der Waals surface area contributed by atoms with E-state index < -0.39 is 0 Å². The molecule has 0 saturated heterocycles. The van der Waals surface area contributed by atoms with Gasteiger partial charge in [-0.1, -0.05) is 31.2 Å². The second-order valence-corrected chi connectivity index (χ2v) is 10.4. The molecule has 0 heterocycles. The molecule has 0 aromatic heterocycles. The Morgan fingerprint density at radius 1 is 0.773 bits per heavy atom. The first-order valence-electron chi connectivity index (χ1n) is 9.30. The monoisotopic (exact) mass is 334 g/mol. The standard InChI is InChI=1S/C20H30S2/c1-14(10-21-12-19-8-15-2-4-17(19)6-15)11-22-13-20-9-16-3-5-18(20)7-16/h2-5,14-20H,6-13H2,1H3. The van der Waals surface area contributed by atoms with Crippen LogP contribution >= 0.6 is 23.5 Å². The number of fused-ring (bicyclic) bond motifs is 4. The minimum Gasteiger partial charge on any atom is -0.161 e. The van der Waals surface area contributed by atoms with Crippen LogP contribution in [0.15, 0.2) is 24.3 Å². The zero-order valence-electron chi connectivity index (χ0n) is 13.8. The second-order valence-electron chi connectivity index (χ2n) is 8.26. The lowest BCUT2D eigenvalue weighted by Gasteiger charge is -2.20. The zero-order chi connectivity index (χ0) is 14.9. The summed E-state index contributed by atoms with van der Waals surface area (Å²) in [5.41, 5.74) is 0. The first-order chi connectivity index (χ1) is 10.8. The predicted molar refractivity (Wildman–Crippen MR) is 102 cm³/mol. The Labute approximate surface area is 145 Å². The molecule has 0 N–H and O–H groups in total. The van der Waals surface area contributed by atoms with Gasteiger partial charge in [-0.15, -0.1) is 0 Å². The minimum atomic E-state index is 0.887. The van der Waals surface area contributed by atoms with E-state index in [1.807, 2.05) is 0 Å². The van der Waals surface area contributed by atoms with Crippen molar-refractivity contribution in [2.45, 2.75) is 32.6 Å². The summed E-state index contributed by atoms with van der Waals surface area (Å²) in [5, 5.41) is 0. The molecule has 6 unspecified atom stereocenters. The van der Waals surface area contributed by atoms with Crippen LogP contribution in [0.3, 0.4) is 0 Å². The van der Waals surface area contributed by atoms with Crippen LogP contribution in [0.1, 0.15) is 32.6 Å². The molecule has 0 amide bonds. The highest BCUT2D eigenvalue weighted by Gasteiger charge is 2.36. The van der Waals surface area contributed by atoms with Crippen molar-refractivity contribution in [3.63, 3.8) is 0 Å². The largest absolute Gasteiger partial charge is 0.161 e. The van der Waals surface area contributed by atoms with Crippen LogP contribution in [-0.2, 0) is 0 Å². The van der Waals surface area contributed by atoms with Gasteiger partial charge in [0.1, 0.15) is 0 Å². The molecule has 22 heavy (non-hydrogen) atoms. The molecular weight excluding hydrogens is 304 g/mol. The van der Waals surface area contributed by atoms with Crippen molar-refractivity contribution in [3.8, 4) is 0 Å². The molecule has 0 aromatic carbocycles. The van der Waals surface area contributed by atoms with Crippen LogP contribution in [0.5, 0.6) is 0 Å². The van der Waals surface area contributed by atoms with E-state index in [-0.39, 0.29) is 0 Å². The highest BCUT2D eigenvalue weighted by molar-refractivity contribution is 8.00. The van der Waals surface area contributed by atoms with Crippen LogP contribution < -0.4 is 0 Å². The summed E-state index contributed by atoms with van der Waals surface area (Å²) in [7, 11) is 0. The molecule has 4 aliphatic rings. The Morgan fingerprint density at radius 2 is 1.27 bits per heavy atom. The topological polar surface area (TPSA) is 0 Å². The van der Waals surface area contributed by atoms with Gasteiger partial charge in [0.25, 0.3) is 0 Å². The quantitative estimate of drug-likeness (QED) is 0.537. The first kappa shape index (κ1) is 15.7. The van der Waals surface area contributed by atoms with Gasteiger partial charge < -0.3 is 0 Å². The summed E-state index contributed by atoms with van der Waals surface area (Å²) < 4.78 is 0. The smallest absolute Gasteiger partial charge is 0.00332 e. The van der Waals surface area contributed by atoms with Crippen LogP contribution in [0.25, 0.3) is 0 Å². The van der Waals surface area contributed by atoms with Crippen molar-refractivity contribution in [2.24, 2.45) is 41.4 Å². The van der Waals surface area contributed by atoms with E-state index in [0.717, 1.165) is 41.4 Å². The number of thioether (sulfide) groups is 2. The maximum atomic E-state index is 2.50. The molecule has 6 atom stereocenters. The van der Waals surface area contributed by atoms with Crippen molar-refractivity contribution in [3.05, 3.63) is 24.3 Å². The van der Waals surface area contributed by atoms with Crippen molar-refractivity contribution >= 4 is 23.5 Å². The maximum absolute atomic E-state index is 2.50. The summed E-state index contributed by atoms with van der Waals surface area (Å²) in [5.74, 6) is 12.2. The van der Waals surface area contributed by atoms with Gasteiger partial charge in [-0.3, -0.25) is 0 Å². The Balaban J connectivity index is 1.07. The van der Waals surface area contributed by atoms with E-state index in [1.165, 1.54) is 48.7 Å². The third-order valence-corrected chi connectivity index (χ3v) is 9.24. The van der Waals surface area contributed by atoms with Gasteiger partial charge in [0.15, 0.2) is 0 Å². The number of hydrogen-bond donors (Lipinski definition) is 0. The summed E-state index contributed by atoms with van der Waals surface area (Å²) >= 11 is 4.47. The zero-order valence-corrected chi connectivity index (χ0v) is 15.5. The summed E-state index contributed by atoms with van der Waals surface area (Å²) in [4.78, 5) is 0. The van der Waals surface area contributed by atoms with Crippen molar-refractivity contribution in [2.75, 3.05) is 23.0 Å². The number of hydrogen-bond acceptors (Lipinski definition) is 2. The molecule has 122 valence electrons. The SMILES string of the molecule is CC(CSCC1CC2C=CC1C2)CSCC1CC2C=CC1C2. The average molecular weight is 335 g/mol. The highest BCUT2D eigenvalue weighted by Crippen LogP contribution is 2.45. The lowest BCUT2D eigenvalue weighted by atomic mass is 9.96. The van der Waals surface area contributed by atoms with Crippen molar-refractivity contribution in [1.29, 1.82) is 0 Å². The van der Waals surface area contributed by atoms with E-state index in [1.54, 1.807) is 0 Å². The van der Waals surface area contributed by atoms with Gasteiger partial charge in [-0.25, -0.2) is 0 Å². The first-order valence-corrected chi connectivity index (χ1v) is 11.6. The fourth-order valence-corrected chi connectivity index (χ4v) is 7.90. The van der Waals surface area contributed by atoms with E-state index in [0.29, 0.717) is 0 Å². The summed E-state index contributed by atoms with van der Waals surface area (Å²) in [6.45, 7) is 2.46. The van der Waals surface area contributed by atoms with Crippen LogP contribution in [0.2, 0.25) is 0 Å². The van der Waals surface area contributed by atoms with Gasteiger partial charge in [-0.05, 0) is 90.1 Å². The Kier molecular flexibility index (Phi) is 4.97. The normalized spacial score (nSPS) is 42.6. The van der Waals surface area contributed by atoms with Gasteiger partial charge in [0.05, 0.1) is 0 Å². The maximum Gasteiger partial charge on any atom is -0.00332 e. The number of allylic oxidation sites excluding steroid dienone is 4. The molecule has 4 aliphatic carbocycles. The molecule has 0 radical (unpaired) electrons. The molecule has 4 bridgehead atoms. The van der Waals surface area contributed by atoms with E-state index in [2.05, 4.69) is 54.8 Å². The Morgan fingerprint density at radius 3 is 1.64 bits per heavy atom. The molecule has 0 nitrogen and oxygen atoms in total. The lowest BCUT2D eigenvalue weighted by Crippen LogP contribution is -2.13. The van der Waals surface area contributed by atoms with Gasteiger partial charge in [-0.2, -0.15) is 23.5 Å². The number of rotatable bonds is 8. The highest BCUT2D eigenvalue weighted by atomic mass is 32.2. The van der Waals surface area contributed by atoms with Gasteiger partial charge in [0.2, 0.25) is 0 Å². The summed E-state index contributed by atoms with van der Waals surface area (Å²) in [6, 6.07) is 0. The minimum absolute atomic E-state index is 0.887. The van der Waals surface area contributed by atoms with E-state index >= 15 is 0 Å². The van der Waals surface area contributed by atoms with E-state index in [9.17, 15) is 0 Å². The Hall–Kier alpha value is 0.180. The molecule has 0 aromatic rings. The van der Waals surface area contributed by atoms with Crippen LogP contribution in [-0.4, -0.2) is 23.0 Å². The van der Waals surface area contributed by atoms with Crippen molar-refractivity contribution < 1.29 is 0 Å². The molecule has 2 saturated carbocycles. The lowest BCUT2D eigenvalue weighted by molar-refractivity contribution is 0.501. The molecule has 2 fully saturated rings. The third kappa shape index (κ3) is 3.48. The van der Waals surface area contributed by atoms with Gasteiger partial charge >= 0.3 is 0 Å². The van der Waals surface area contributed by atoms with Crippen LogP contribution in [0, 0.1) is 41.4 Å². The molecule has 0 aliphatic heterocycles. The van der Waals surface area contributed by atoms with Crippen LogP contribution in [0.4, 0.5) is 0 Å². The molecular formula is C20H30S2.